The molecule has 2 atom stereocenters. The van der Waals surface area contributed by atoms with Gasteiger partial charge in [0.05, 0.1) is 6.61 Å². The first-order chi connectivity index (χ1) is 8.79. The minimum absolute atomic E-state index is 0.0229. The zero-order valence-electron chi connectivity index (χ0n) is 11.6. The number of aliphatic hydroxyl groups is 1. The van der Waals surface area contributed by atoms with Crippen molar-refractivity contribution in [1.29, 1.82) is 0 Å². The second-order valence-electron chi connectivity index (χ2n) is 5.66. The number of halogens is 3. The third kappa shape index (κ3) is 5.28. The quantitative estimate of drug-likeness (QED) is 0.705. The lowest BCUT2D eigenvalue weighted by Crippen LogP contribution is -2.54. The number of hydrogen-bond donors (Lipinski definition) is 2. The first-order valence-corrected chi connectivity index (χ1v) is 6.82. The van der Waals surface area contributed by atoms with E-state index in [9.17, 15) is 18.3 Å². The number of ether oxygens (including phenoxy) is 1. The van der Waals surface area contributed by atoms with Gasteiger partial charge in [-0.2, -0.15) is 13.2 Å². The van der Waals surface area contributed by atoms with Gasteiger partial charge in [-0.1, -0.05) is 20.3 Å². The molecule has 1 rings (SSSR count). The maximum atomic E-state index is 12.0. The van der Waals surface area contributed by atoms with Crippen LogP contribution in [0.5, 0.6) is 0 Å². The van der Waals surface area contributed by atoms with E-state index in [-0.39, 0.29) is 30.7 Å². The van der Waals surface area contributed by atoms with E-state index in [0.29, 0.717) is 6.42 Å². The van der Waals surface area contributed by atoms with Crippen LogP contribution in [0.4, 0.5) is 13.2 Å². The Labute approximate surface area is 112 Å². The number of rotatable bonds is 7. The summed E-state index contributed by atoms with van der Waals surface area (Å²) in [6, 6.07) is 0.240. The molecular weight excluding hydrogens is 259 g/mol. The zero-order valence-corrected chi connectivity index (χ0v) is 11.6. The molecule has 19 heavy (non-hydrogen) atoms. The van der Waals surface area contributed by atoms with Crippen molar-refractivity contribution >= 4 is 0 Å². The van der Waals surface area contributed by atoms with Crippen LogP contribution in [-0.4, -0.2) is 42.7 Å². The number of hydrogen-bond acceptors (Lipinski definition) is 3. The van der Waals surface area contributed by atoms with Gasteiger partial charge in [0.25, 0.3) is 0 Å². The highest BCUT2D eigenvalue weighted by molar-refractivity contribution is 4.99. The average Bonchev–Trinajstić information content (AvgIpc) is 2.66. The monoisotopic (exact) mass is 283 g/mol. The van der Waals surface area contributed by atoms with Crippen molar-refractivity contribution in [1.82, 2.24) is 5.32 Å². The van der Waals surface area contributed by atoms with Gasteiger partial charge in [-0.25, -0.2) is 0 Å². The SMILES string of the molecule is CC(C)NC1(CO)CCCC1CCOCC(F)(F)F. The number of aliphatic hydroxyl groups excluding tert-OH is 1. The molecule has 1 aliphatic carbocycles. The molecule has 2 N–H and O–H groups in total. The van der Waals surface area contributed by atoms with E-state index in [1.54, 1.807) is 0 Å². The van der Waals surface area contributed by atoms with Crippen LogP contribution in [0.3, 0.4) is 0 Å². The molecule has 0 heterocycles. The van der Waals surface area contributed by atoms with Crippen LogP contribution in [0, 0.1) is 5.92 Å². The topological polar surface area (TPSA) is 41.5 Å². The summed E-state index contributed by atoms with van der Waals surface area (Å²) in [6.07, 6.45) is -0.929. The Bertz CT molecular complexity index is 271. The summed E-state index contributed by atoms with van der Waals surface area (Å²) in [4.78, 5) is 0. The van der Waals surface area contributed by atoms with Crippen LogP contribution >= 0.6 is 0 Å². The van der Waals surface area contributed by atoms with Crippen molar-refractivity contribution in [3.05, 3.63) is 0 Å². The molecule has 1 fully saturated rings. The minimum Gasteiger partial charge on any atom is -0.394 e. The Morgan fingerprint density at radius 3 is 2.63 bits per heavy atom. The molecule has 3 nitrogen and oxygen atoms in total. The molecule has 6 heteroatoms. The van der Waals surface area contributed by atoms with Crippen molar-refractivity contribution in [3.8, 4) is 0 Å². The lowest BCUT2D eigenvalue weighted by Gasteiger charge is -2.37. The molecule has 0 spiro atoms. The maximum Gasteiger partial charge on any atom is 0.411 e. The predicted molar refractivity (Wildman–Crippen MR) is 66.9 cm³/mol. The predicted octanol–water partition coefficient (Wildman–Crippen LogP) is 2.48. The van der Waals surface area contributed by atoms with Gasteiger partial charge in [-0.15, -0.1) is 0 Å². The Morgan fingerprint density at radius 2 is 2.11 bits per heavy atom. The standard InChI is InChI=1S/C13H24F3NO2/c1-10(2)17-12(8-18)6-3-4-11(12)5-7-19-9-13(14,15)16/h10-11,17-18H,3-9H2,1-2H3. The highest BCUT2D eigenvalue weighted by Crippen LogP contribution is 2.38. The number of alkyl halides is 3. The molecule has 1 saturated carbocycles. The first-order valence-electron chi connectivity index (χ1n) is 6.82. The molecular formula is C13H24F3NO2. The second kappa shape index (κ2) is 6.90. The molecule has 0 radical (unpaired) electrons. The van der Waals surface area contributed by atoms with Crippen LogP contribution in [-0.2, 0) is 4.74 Å². The van der Waals surface area contributed by atoms with Crippen LogP contribution in [0.15, 0.2) is 0 Å². The fourth-order valence-corrected chi connectivity index (χ4v) is 3.00. The molecule has 0 aliphatic heterocycles. The van der Waals surface area contributed by atoms with Crippen LogP contribution < -0.4 is 5.32 Å². The fourth-order valence-electron chi connectivity index (χ4n) is 3.00. The fraction of sp³-hybridized carbons (Fsp3) is 1.00. The minimum atomic E-state index is -4.26. The molecule has 0 aromatic carbocycles. The van der Waals surface area contributed by atoms with Gasteiger partial charge >= 0.3 is 6.18 Å². The van der Waals surface area contributed by atoms with Crippen LogP contribution in [0.1, 0.15) is 39.5 Å². The smallest absolute Gasteiger partial charge is 0.394 e. The van der Waals surface area contributed by atoms with Gasteiger partial charge in [0.1, 0.15) is 6.61 Å². The Morgan fingerprint density at radius 1 is 1.42 bits per heavy atom. The van der Waals surface area contributed by atoms with E-state index in [0.717, 1.165) is 19.3 Å². The van der Waals surface area contributed by atoms with E-state index < -0.39 is 12.8 Å². The highest BCUT2D eigenvalue weighted by atomic mass is 19.4. The normalized spacial score (nSPS) is 28.3. The van der Waals surface area contributed by atoms with E-state index >= 15 is 0 Å². The summed E-state index contributed by atoms with van der Waals surface area (Å²) in [6.45, 7) is 2.93. The molecule has 0 bridgehead atoms. The average molecular weight is 283 g/mol. The van der Waals surface area contributed by atoms with E-state index in [1.807, 2.05) is 13.8 Å². The highest BCUT2D eigenvalue weighted by Gasteiger charge is 2.42. The molecule has 0 saturated heterocycles. The largest absolute Gasteiger partial charge is 0.411 e. The van der Waals surface area contributed by atoms with Crippen LogP contribution in [0.25, 0.3) is 0 Å². The Balaban J connectivity index is 2.42. The lowest BCUT2D eigenvalue weighted by molar-refractivity contribution is -0.174. The molecule has 0 amide bonds. The first kappa shape index (κ1) is 16.7. The third-order valence-electron chi connectivity index (χ3n) is 3.69. The number of nitrogens with one attached hydrogen (secondary N) is 1. The molecule has 0 aromatic rings. The summed E-state index contributed by atoms with van der Waals surface area (Å²) in [7, 11) is 0. The molecule has 1 aliphatic rings. The third-order valence-corrected chi connectivity index (χ3v) is 3.69. The van der Waals surface area contributed by atoms with E-state index in [1.165, 1.54) is 0 Å². The summed E-state index contributed by atoms with van der Waals surface area (Å²) in [5, 5.41) is 13.0. The molecule has 0 aromatic heterocycles. The molecule has 114 valence electrons. The van der Waals surface area contributed by atoms with Gasteiger partial charge in [0, 0.05) is 18.2 Å². The summed E-state index contributed by atoms with van der Waals surface area (Å²) in [5.41, 5.74) is -0.351. The summed E-state index contributed by atoms with van der Waals surface area (Å²) < 4.78 is 40.6. The lowest BCUT2D eigenvalue weighted by atomic mass is 9.85. The van der Waals surface area contributed by atoms with Gasteiger partial charge in [-0.3, -0.25) is 0 Å². The van der Waals surface area contributed by atoms with Crippen molar-refractivity contribution in [2.75, 3.05) is 19.8 Å². The van der Waals surface area contributed by atoms with E-state index in [2.05, 4.69) is 10.1 Å². The van der Waals surface area contributed by atoms with Crippen molar-refractivity contribution < 1.29 is 23.0 Å². The summed E-state index contributed by atoms with van der Waals surface area (Å²) in [5.74, 6) is 0.174. The Kier molecular flexibility index (Phi) is 6.08. The van der Waals surface area contributed by atoms with Crippen molar-refractivity contribution in [2.45, 2.75) is 57.3 Å². The zero-order chi connectivity index (χ0) is 14.5. The van der Waals surface area contributed by atoms with Crippen LogP contribution in [0.2, 0.25) is 0 Å². The second-order valence-corrected chi connectivity index (χ2v) is 5.66. The van der Waals surface area contributed by atoms with Crippen molar-refractivity contribution in [2.24, 2.45) is 5.92 Å². The maximum absolute atomic E-state index is 12.0. The Hall–Kier alpha value is -0.330. The van der Waals surface area contributed by atoms with Gasteiger partial charge < -0.3 is 15.2 Å². The molecule has 2 unspecified atom stereocenters. The van der Waals surface area contributed by atoms with Gasteiger partial charge in [0.2, 0.25) is 0 Å². The van der Waals surface area contributed by atoms with Gasteiger partial charge in [-0.05, 0) is 25.2 Å². The van der Waals surface area contributed by atoms with Crippen molar-refractivity contribution in [3.63, 3.8) is 0 Å². The van der Waals surface area contributed by atoms with Gasteiger partial charge in [0.15, 0.2) is 0 Å². The van der Waals surface area contributed by atoms with E-state index in [4.69, 9.17) is 0 Å². The summed E-state index contributed by atoms with van der Waals surface area (Å²) >= 11 is 0.